The fourth-order valence-electron chi connectivity index (χ4n) is 0. The van der Waals surface area contributed by atoms with Crippen LogP contribution in [-0.4, -0.2) is 0 Å². The third-order valence-electron chi connectivity index (χ3n) is 0.736. The fourth-order valence-corrected chi connectivity index (χ4v) is 0. The molecule has 0 saturated heterocycles. The molecular weight excluding hydrogens is 750 g/mol. The Bertz CT molecular complexity index is 537. The third-order valence-corrected chi connectivity index (χ3v) is 1.72. The molecule has 0 aromatic rings. The van der Waals surface area contributed by atoms with Crippen LogP contribution in [-0.2, 0) is 0 Å². The van der Waals surface area contributed by atoms with Gasteiger partial charge in [0.15, 0.2) is 9.23 Å². The summed E-state index contributed by atoms with van der Waals surface area (Å²) in [5.41, 5.74) is 0. The van der Waals surface area contributed by atoms with Gasteiger partial charge in [0.25, 0.3) is 11.4 Å². The van der Waals surface area contributed by atoms with E-state index in [-0.39, 0.29) is 12.7 Å². The lowest BCUT2D eigenvalue weighted by Gasteiger charge is -1.72. The van der Waals surface area contributed by atoms with E-state index in [9.17, 15) is 70.2 Å². The van der Waals surface area contributed by atoms with Crippen molar-refractivity contribution in [2.75, 3.05) is 0 Å². The van der Waals surface area contributed by atoms with Crippen LogP contribution < -0.4 is 0 Å². The van der Waals surface area contributed by atoms with Gasteiger partial charge in [-0.25, -0.2) is 8.78 Å². The first kappa shape index (κ1) is 46.7. The summed E-state index contributed by atoms with van der Waals surface area (Å²) in [6.07, 6.45) is -13.1. The van der Waals surface area contributed by atoms with E-state index in [0.717, 1.165) is 0 Å². The maximum Gasteiger partial charge on any atom is 0.334 e. The molecule has 0 saturated carbocycles. The zero-order valence-electron chi connectivity index (χ0n) is 14.5. The highest BCUT2D eigenvalue weighted by molar-refractivity contribution is 9.11. The predicted octanol–water partition coefficient (Wildman–Crippen LogP) is 13.3. The van der Waals surface area contributed by atoms with Crippen LogP contribution in [0.25, 0.3) is 0 Å². The van der Waals surface area contributed by atoms with Crippen molar-refractivity contribution in [2.24, 2.45) is 0 Å². The topological polar surface area (TPSA) is 0 Å². The van der Waals surface area contributed by atoms with Gasteiger partial charge in [-0.2, -0.15) is 61.5 Å². The first-order valence-corrected chi connectivity index (χ1v) is 8.89. The molecule has 0 aromatic heterocycles. The molecule has 0 bridgehead atoms. The van der Waals surface area contributed by atoms with E-state index in [1.807, 2.05) is 15.9 Å². The van der Waals surface area contributed by atoms with E-state index in [0.29, 0.717) is 0 Å². The van der Waals surface area contributed by atoms with Crippen molar-refractivity contribution in [3.63, 3.8) is 0 Å². The molecule has 34 heavy (non-hydrogen) atoms. The molecule has 0 aromatic carbocycles. The van der Waals surface area contributed by atoms with E-state index in [1.54, 1.807) is 0 Å². The molecule has 0 atom stereocenters. The predicted molar refractivity (Wildman–Crippen MR) is 103 cm³/mol. The molecule has 204 valence electrons. The monoisotopic (exact) mass is 748 g/mol. The summed E-state index contributed by atoms with van der Waals surface area (Å²) in [6.45, 7) is 0. The first-order chi connectivity index (χ1) is 15.1. The molecule has 0 N–H and O–H groups in total. The third kappa shape index (κ3) is 77.1. The summed E-state index contributed by atoms with van der Waals surface area (Å²) in [5.74, 6) is 0. The van der Waals surface area contributed by atoms with E-state index >= 15 is 0 Å². The molecule has 0 spiro atoms. The van der Waals surface area contributed by atoms with Gasteiger partial charge in [0.1, 0.15) is 12.7 Å². The minimum Gasteiger partial charge on any atom is -0.212 e. The van der Waals surface area contributed by atoms with Crippen LogP contribution in [0.15, 0.2) is 67.6 Å². The highest BCUT2D eigenvalue weighted by Gasteiger charge is 1.98. The Morgan fingerprint density at radius 2 is 0.647 bits per heavy atom. The standard InChI is InChI=1S/C2BrF3.C2HBrF2.C2Cl2F2.C2ClF3.C2HClF2.C2F4/c3-1(4)2(5)6;3-2(5)1-4;2*3-1(4)2(5)6;3-2(5)1-4;3-1(4)2(5)6/h;1H;;;1H;. The maximum absolute atomic E-state index is 10.9. The molecule has 22 heteroatoms. The lowest BCUT2D eigenvalue weighted by atomic mass is 11.1. The Labute approximate surface area is 215 Å². The summed E-state index contributed by atoms with van der Waals surface area (Å²) in [4.78, 5) is 0. The van der Waals surface area contributed by atoms with E-state index < -0.39 is 54.9 Å². The zero-order valence-corrected chi connectivity index (χ0v) is 20.7. The van der Waals surface area contributed by atoms with Crippen LogP contribution in [0.3, 0.4) is 0 Å². The maximum atomic E-state index is 10.9. The summed E-state index contributed by atoms with van der Waals surface area (Å²) >= 11 is 21.5. The molecule has 0 aliphatic heterocycles. The number of rotatable bonds is 0. The van der Waals surface area contributed by atoms with E-state index in [2.05, 4.69) is 62.3 Å². The molecule has 0 radical (unpaired) electrons. The van der Waals surface area contributed by atoms with Gasteiger partial charge in [0.05, 0.1) is 0 Å². The smallest absolute Gasteiger partial charge is 0.212 e. The zero-order chi connectivity index (χ0) is 29.2. The van der Waals surface area contributed by atoms with Gasteiger partial charge in [-0.1, -0.05) is 23.2 Å². The van der Waals surface area contributed by atoms with Crippen molar-refractivity contribution < 1.29 is 70.2 Å². The van der Waals surface area contributed by atoms with Gasteiger partial charge >= 0.3 is 24.3 Å². The molecular formula is C12H2Br2Cl4F16. The van der Waals surface area contributed by atoms with Crippen molar-refractivity contribution in [3.8, 4) is 0 Å². The number of hydrogen-bond acceptors (Lipinski definition) is 0. The quantitative estimate of drug-likeness (QED) is 0.216. The average molecular weight is 752 g/mol. The molecule has 0 unspecified atom stereocenters. The Morgan fingerprint density at radius 1 is 0.471 bits per heavy atom. The molecule has 0 heterocycles. The molecule has 0 nitrogen and oxygen atoms in total. The molecule has 0 aliphatic rings. The lowest BCUT2D eigenvalue weighted by Crippen LogP contribution is -1.56. The van der Waals surface area contributed by atoms with Crippen LogP contribution in [0, 0.1) is 0 Å². The van der Waals surface area contributed by atoms with E-state index in [1.165, 1.54) is 0 Å². The van der Waals surface area contributed by atoms with Gasteiger partial charge < -0.3 is 0 Å². The Balaban J connectivity index is -0.0000000693. The molecule has 0 fully saturated rings. The number of hydrogen-bond donors (Lipinski definition) is 0. The van der Waals surface area contributed by atoms with Gasteiger partial charge in [-0.05, 0) is 55.1 Å². The fraction of sp³-hybridized carbons (Fsp3) is 0. The van der Waals surface area contributed by atoms with Crippen molar-refractivity contribution in [3.05, 3.63) is 67.6 Å². The second-order valence-corrected chi connectivity index (χ2v) is 5.98. The normalized spacial score (nSPS) is 9.24. The Kier molecular flexibility index (Phi) is 44.6. The van der Waals surface area contributed by atoms with E-state index in [4.69, 9.17) is 0 Å². The summed E-state index contributed by atoms with van der Waals surface area (Å²) in [6, 6.07) is 0. The second-order valence-electron chi connectivity index (χ2n) is 2.88. The van der Waals surface area contributed by atoms with Crippen molar-refractivity contribution in [2.45, 2.75) is 0 Å². The molecule has 0 rings (SSSR count). The summed E-state index contributed by atoms with van der Waals surface area (Å²) < 4.78 is 166. The van der Waals surface area contributed by atoms with Crippen LogP contribution >= 0.6 is 78.3 Å². The first-order valence-electron chi connectivity index (χ1n) is 5.79. The average Bonchev–Trinajstić information content (AvgIpc) is 2.69. The highest BCUT2D eigenvalue weighted by atomic mass is 79.9. The van der Waals surface area contributed by atoms with Gasteiger partial charge in [0, 0.05) is 0 Å². The Hall–Kier alpha value is -0.560. The Morgan fingerprint density at radius 3 is 0.647 bits per heavy atom. The molecule has 0 aliphatic carbocycles. The van der Waals surface area contributed by atoms with Crippen LogP contribution in [0.1, 0.15) is 0 Å². The lowest BCUT2D eigenvalue weighted by molar-refractivity contribution is 0.308. The highest BCUT2D eigenvalue weighted by Crippen LogP contribution is 2.15. The van der Waals surface area contributed by atoms with Crippen LogP contribution in [0.2, 0.25) is 0 Å². The van der Waals surface area contributed by atoms with Crippen molar-refractivity contribution in [1.82, 2.24) is 0 Å². The summed E-state index contributed by atoms with van der Waals surface area (Å²) in [7, 11) is 0. The summed E-state index contributed by atoms with van der Waals surface area (Å²) in [5, 5.41) is -3.25. The minimum absolute atomic E-state index is 0.167. The van der Waals surface area contributed by atoms with Crippen LogP contribution in [0.4, 0.5) is 70.2 Å². The van der Waals surface area contributed by atoms with Crippen molar-refractivity contribution >= 4 is 78.3 Å². The second kappa shape index (κ2) is 32.4. The largest absolute Gasteiger partial charge is 0.334 e. The molecule has 0 amide bonds. The SMILES string of the molecule is FC(F)=C(Cl)Cl.FC(F)=C(F)Br.FC(F)=C(F)Cl.FC(F)=C(F)F.FC=C(F)Br.FC=C(F)Cl. The van der Waals surface area contributed by atoms with Crippen LogP contribution in [0.5, 0.6) is 0 Å². The van der Waals surface area contributed by atoms with Gasteiger partial charge in [0.2, 0.25) is 10.0 Å². The van der Waals surface area contributed by atoms with Crippen molar-refractivity contribution in [1.29, 1.82) is 0 Å². The minimum atomic E-state index is -2.91. The van der Waals surface area contributed by atoms with Gasteiger partial charge in [-0.3, -0.25) is 0 Å². The number of halogens is 22. The van der Waals surface area contributed by atoms with Gasteiger partial charge in [-0.15, -0.1) is 0 Å².